The van der Waals surface area contributed by atoms with E-state index in [1.54, 1.807) is 36.4 Å². The van der Waals surface area contributed by atoms with Gasteiger partial charge in [-0.05, 0) is 125 Å². The molecule has 86 heavy (non-hydrogen) atoms. The summed E-state index contributed by atoms with van der Waals surface area (Å²) in [5.41, 5.74) is 15.0. The molecule has 464 valence electrons. The van der Waals surface area contributed by atoms with E-state index < -0.39 is 60.9 Å². The summed E-state index contributed by atoms with van der Waals surface area (Å²) in [4.78, 5) is 78.9. The number of carbonyl (C=O) groups is 4. The Morgan fingerprint density at radius 2 is 1.02 bits per heavy atom. The molecule has 8 heterocycles. The molecule has 4 saturated heterocycles. The van der Waals surface area contributed by atoms with Crippen molar-refractivity contribution in [3.8, 4) is 0 Å². The zero-order valence-electron chi connectivity index (χ0n) is 46.7. The van der Waals surface area contributed by atoms with Gasteiger partial charge in [-0.1, -0.05) is 50.4 Å². The molecule has 0 bridgehead atoms. The first-order chi connectivity index (χ1) is 40.9. The van der Waals surface area contributed by atoms with Crippen molar-refractivity contribution < 1.29 is 49.1 Å². The number of nitrogens with one attached hydrogen (secondary N) is 4. The highest BCUT2D eigenvalue weighted by Crippen LogP contribution is 2.36. The topological polar surface area (TPSA) is 362 Å². The van der Waals surface area contributed by atoms with Crippen molar-refractivity contribution in [3.63, 3.8) is 0 Å². The standard InChI is InChI=1S/C28H35ClN8O5.C15H21ClN2O.C13H15IN6O4.CH4/c29-16-4-6-18(7-5-16)33-28(41)36-12-10-15(11-13-36)2-1-3-19-34-24(30)20-25(35-19)37(14-31-20)27-22(39)21(38)23(42-27)26(40)32-17-8-9-17;1-2-3-12-8-10-18(11-9-12)15(19)17-14-6-4-13(16)5-7-14;14-13-18-9(15)5-10(19-13)20(3-16-5)12-7(22)6(21)8(24-12)11(23)17-4-1-2-4;/h4-7,14-15,17,21-23,27,38-39H,1-3,8-13H2,(H,32,40)(H,33,41)(H2,30,34,35);4-7,12H,2-3,8-11H2,1H3,(H,17,19);3-4,6-8,12,21-22H,1-2H2,(H,17,23)(H2,15,18,19);1H4/t21?,22-,23-,27+;;6?,7-,8-,12+;/m0.0./s1. The summed E-state index contributed by atoms with van der Waals surface area (Å²) in [5, 5.41) is 54.4. The molecule has 2 aliphatic carbocycles. The number of benzene rings is 2. The highest BCUT2D eigenvalue weighted by molar-refractivity contribution is 14.1. The van der Waals surface area contributed by atoms with Gasteiger partial charge in [-0.3, -0.25) is 18.7 Å². The number of aliphatic hydroxyl groups is 4. The van der Waals surface area contributed by atoms with Crippen molar-refractivity contribution in [2.24, 2.45) is 11.8 Å². The molecule has 0 radical (unpaired) electrons. The van der Waals surface area contributed by atoms with Crippen LogP contribution in [0.25, 0.3) is 22.3 Å². The fourth-order valence-electron chi connectivity index (χ4n) is 10.9. The van der Waals surface area contributed by atoms with Crippen LogP contribution in [0.3, 0.4) is 0 Å². The number of imidazole rings is 2. The van der Waals surface area contributed by atoms with E-state index in [1.165, 1.54) is 34.6 Å². The lowest BCUT2D eigenvalue weighted by molar-refractivity contribution is -0.138. The summed E-state index contributed by atoms with van der Waals surface area (Å²) in [6.07, 6.45) is 5.67. The molecule has 29 heteroatoms. The monoisotopic (exact) mass is 1340 g/mol. The van der Waals surface area contributed by atoms with Crippen LogP contribution in [-0.2, 0) is 25.5 Å². The zero-order chi connectivity index (χ0) is 60.1. The highest BCUT2D eigenvalue weighted by atomic mass is 127. The fourth-order valence-corrected chi connectivity index (χ4v) is 11.6. The Kier molecular flexibility index (Phi) is 21.4. The quantitative estimate of drug-likeness (QED) is 0.0431. The molecular weight excluding hydrogens is 1270 g/mol. The highest BCUT2D eigenvalue weighted by Gasteiger charge is 2.50. The van der Waals surface area contributed by atoms with Crippen molar-refractivity contribution in [1.82, 2.24) is 59.5 Å². The van der Waals surface area contributed by atoms with Crippen molar-refractivity contribution >= 4 is 115 Å². The summed E-state index contributed by atoms with van der Waals surface area (Å²) in [6, 6.07) is 14.4. The largest absolute Gasteiger partial charge is 0.387 e. The van der Waals surface area contributed by atoms with Crippen molar-refractivity contribution in [2.75, 3.05) is 48.3 Å². The van der Waals surface area contributed by atoms with E-state index in [1.807, 2.05) is 44.5 Å². The summed E-state index contributed by atoms with van der Waals surface area (Å²) in [7, 11) is 0. The average molecular weight is 1340 g/mol. The molecule has 4 aromatic heterocycles. The summed E-state index contributed by atoms with van der Waals surface area (Å²) >= 11 is 13.7. The third-order valence-electron chi connectivity index (χ3n) is 16.0. The van der Waals surface area contributed by atoms with Gasteiger partial charge in [-0.2, -0.15) is 0 Å². The minimum Gasteiger partial charge on any atom is -0.387 e. The number of aromatic nitrogens is 8. The number of aliphatic hydroxyl groups excluding tert-OH is 4. The number of anilines is 4. The molecule has 12 rings (SSSR count). The number of hydrogen-bond acceptors (Lipinski definition) is 18. The molecule has 6 aromatic rings. The molecule has 6 fully saturated rings. The van der Waals surface area contributed by atoms with Crippen molar-refractivity contribution in [2.45, 2.75) is 159 Å². The predicted octanol–water partition coefficient (Wildman–Crippen LogP) is 6.16. The maximum absolute atomic E-state index is 12.6. The van der Waals surface area contributed by atoms with Gasteiger partial charge < -0.3 is 72.4 Å². The van der Waals surface area contributed by atoms with Crippen LogP contribution in [0.2, 0.25) is 10.0 Å². The number of nitrogens with two attached hydrogens (primary N) is 2. The zero-order valence-corrected chi connectivity index (χ0v) is 50.4. The van der Waals surface area contributed by atoms with Crippen LogP contribution < -0.4 is 32.7 Å². The van der Waals surface area contributed by atoms with Gasteiger partial charge in [-0.15, -0.1) is 0 Å². The van der Waals surface area contributed by atoms with E-state index in [-0.39, 0.29) is 43.2 Å². The molecule has 8 atom stereocenters. The Morgan fingerprint density at radius 3 is 1.45 bits per heavy atom. The number of nitrogens with zero attached hydrogens (tertiary/aromatic N) is 10. The number of rotatable bonds is 14. The first-order valence-corrected chi connectivity index (χ1v) is 30.7. The normalized spacial score (nSPS) is 24.0. The minimum atomic E-state index is -1.39. The van der Waals surface area contributed by atoms with Gasteiger partial charge >= 0.3 is 12.1 Å². The minimum absolute atomic E-state index is 0. The molecule has 2 saturated carbocycles. The van der Waals surface area contributed by atoms with Gasteiger partial charge in [0.1, 0.15) is 41.3 Å². The van der Waals surface area contributed by atoms with E-state index in [9.17, 15) is 39.6 Å². The summed E-state index contributed by atoms with van der Waals surface area (Å²) in [5.74, 6) is 1.36. The summed E-state index contributed by atoms with van der Waals surface area (Å²) < 4.78 is 14.8. The smallest absolute Gasteiger partial charge is 0.321 e. The molecule has 26 nitrogen and oxygen atoms in total. The van der Waals surface area contributed by atoms with Crippen LogP contribution in [-0.4, -0.2) is 168 Å². The lowest BCUT2D eigenvalue weighted by Crippen LogP contribution is -2.43. The second-order valence-electron chi connectivity index (χ2n) is 22.4. The molecular formula is C57H75Cl2IN16O10. The van der Waals surface area contributed by atoms with Gasteiger partial charge in [0.05, 0.1) is 12.7 Å². The van der Waals surface area contributed by atoms with Gasteiger partial charge in [0.15, 0.2) is 51.4 Å². The Bertz CT molecular complexity index is 3310. The van der Waals surface area contributed by atoms with E-state index >= 15 is 0 Å². The molecule has 4 aliphatic heterocycles. The van der Waals surface area contributed by atoms with Gasteiger partial charge in [0, 0.05) is 88.7 Å². The Balaban J connectivity index is 0.000000169. The maximum Gasteiger partial charge on any atom is 0.321 e. The molecule has 12 N–H and O–H groups in total. The number of urea groups is 2. The Labute approximate surface area is 520 Å². The number of fused-ring (bicyclic) bond motifs is 2. The van der Waals surface area contributed by atoms with Crippen LogP contribution in [0.1, 0.15) is 110 Å². The first-order valence-electron chi connectivity index (χ1n) is 28.8. The van der Waals surface area contributed by atoms with Crippen LogP contribution in [0.5, 0.6) is 0 Å². The molecule has 2 unspecified atom stereocenters. The number of hydrogen-bond donors (Lipinski definition) is 10. The van der Waals surface area contributed by atoms with Gasteiger partial charge in [0.2, 0.25) is 0 Å². The number of amides is 6. The van der Waals surface area contributed by atoms with E-state index in [2.05, 4.69) is 58.1 Å². The Hall–Kier alpha value is -6.31. The molecule has 0 spiro atoms. The molecule has 6 amide bonds. The number of aryl methyl sites for hydroxylation is 1. The first kappa shape index (κ1) is 64.2. The molecule has 6 aliphatic rings. The van der Waals surface area contributed by atoms with Gasteiger partial charge in [-0.25, -0.2) is 39.5 Å². The lowest BCUT2D eigenvalue weighted by Gasteiger charge is -2.32. The van der Waals surface area contributed by atoms with Crippen LogP contribution in [0.15, 0.2) is 61.2 Å². The molecule has 2 aromatic carbocycles. The second-order valence-corrected chi connectivity index (χ2v) is 24.2. The summed E-state index contributed by atoms with van der Waals surface area (Å²) in [6.45, 7) is 5.33. The van der Waals surface area contributed by atoms with Crippen molar-refractivity contribution in [1.29, 1.82) is 0 Å². The third-order valence-corrected chi connectivity index (χ3v) is 17.0. The second kappa shape index (κ2) is 28.7. The number of halogens is 3. The average Bonchev–Trinajstić information content (AvgIpc) is 1.78. The third kappa shape index (κ3) is 15.7. The van der Waals surface area contributed by atoms with Crippen LogP contribution in [0.4, 0.5) is 32.6 Å². The Morgan fingerprint density at radius 1 is 0.605 bits per heavy atom. The predicted molar refractivity (Wildman–Crippen MR) is 330 cm³/mol. The number of nitrogen functional groups attached to an aromatic ring is 2. The maximum atomic E-state index is 12.6. The van der Waals surface area contributed by atoms with E-state index in [0.29, 0.717) is 73.1 Å². The van der Waals surface area contributed by atoms with Crippen LogP contribution in [0, 0.1) is 15.7 Å². The van der Waals surface area contributed by atoms with E-state index in [0.717, 1.165) is 88.9 Å². The SMILES string of the molecule is C.CCCC1CCN(C(=O)Nc2ccc(Cl)cc2)CC1.Nc1nc(CCCC2CCN(C(=O)Nc3ccc(Cl)cc3)CC2)nc2c1ncn2[C@@H]1O[C@H](C(=O)NC2CC2)C(O)[C@@H]1O.Nc1nc(I)nc2c1ncn2[C@@H]1O[C@H](C(=O)NC2CC2)C(O)[C@@H]1O. The lowest BCUT2D eigenvalue weighted by atomic mass is 9.91. The van der Waals surface area contributed by atoms with Crippen LogP contribution >= 0.6 is 45.8 Å². The van der Waals surface area contributed by atoms with Crippen molar-refractivity contribution in [3.05, 3.63) is 80.9 Å². The number of piperidine rings is 2. The number of ether oxygens (including phenoxy) is 2. The van der Waals surface area contributed by atoms with Gasteiger partial charge in [0.25, 0.3) is 11.8 Å². The fraction of sp³-hybridized carbons (Fsp3) is 0.544. The number of likely N-dealkylation sites (tertiary alicyclic amines) is 2. The number of carbonyl (C=O) groups excluding carboxylic acids is 4. The van der Waals surface area contributed by atoms with E-state index in [4.69, 9.17) is 44.1 Å².